The number of urea groups is 1. The van der Waals surface area contributed by atoms with Crippen LogP contribution in [0.3, 0.4) is 0 Å². The second-order valence-corrected chi connectivity index (χ2v) is 8.96. The van der Waals surface area contributed by atoms with Gasteiger partial charge in [0.15, 0.2) is 0 Å². The van der Waals surface area contributed by atoms with E-state index >= 15 is 0 Å². The number of nitrogens with two attached hydrogens (primary N) is 1. The number of halogens is 2. The third-order valence-electron chi connectivity index (χ3n) is 5.81. The van der Waals surface area contributed by atoms with Crippen molar-refractivity contribution in [2.24, 2.45) is 5.73 Å². The van der Waals surface area contributed by atoms with E-state index in [2.05, 4.69) is 5.32 Å². The van der Waals surface area contributed by atoms with Gasteiger partial charge in [-0.2, -0.15) is 0 Å². The summed E-state index contributed by atoms with van der Waals surface area (Å²) in [5.74, 6) is -0.593. The number of primary amides is 1. The summed E-state index contributed by atoms with van der Waals surface area (Å²) in [4.78, 5) is 41.5. The van der Waals surface area contributed by atoms with Crippen LogP contribution in [0.2, 0.25) is 10.0 Å². The van der Waals surface area contributed by atoms with Crippen LogP contribution < -0.4 is 16.0 Å². The van der Waals surface area contributed by atoms with E-state index < -0.39 is 11.9 Å². The number of carbonyl (C=O) groups excluding carboxylic acids is 3. The molecule has 1 saturated heterocycles. The maximum absolute atomic E-state index is 13.2. The Kier molecular flexibility index (Phi) is 7.58. The Balaban J connectivity index is 1.60. The zero-order chi connectivity index (χ0) is 24.9. The van der Waals surface area contributed by atoms with Crippen molar-refractivity contribution in [2.45, 2.75) is 19.3 Å². The predicted octanol–water partition coefficient (Wildman–Crippen LogP) is 6.09. The molecular formula is C26H24Cl2N4O3. The molecular weight excluding hydrogens is 487 g/mol. The van der Waals surface area contributed by atoms with Crippen molar-refractivity contribution in [3.05, 3.63) is 87.9 Å². The van der Waals surface area contributed by atoms with E-state index in [0.717, 1.165) is 19.3 Å². The molecule has 0 aliphatic carbocycles. The van der Waals surface area contributed by atoms with Gasteiger partial charge < -0.3 is 16.0 Å². The number of rotatable bonds is 5. The number of hydrogen-bond donors (Lipinski definition) is 2. The molecule has 0 atom stereocenters. The first kappa shape index (κ1) is 24.6. The Morgan fingerprint density at radius 2 is 1.46 bits per heavy atom. The van der Waals surface area contributed by atoms with Gasteiger partial charge in [0.2, 0.25) is 0 Å². The Morgan fingerprint density at radius 1 is 0.829 bits per heavy atom. The van der Waals surface area contributed by atoms with E-state index in [-0.39, 0.29) is 21.5 Å². The lowest BCUT2D eigenvalue weighted by molar-refractivity contribution is 0.0725. The lowest BCUT2D eigenvalue weighted by atomic mass is 10.1. The number of para-hydroxylation sites is 1. The fraction of sp³-hybridized carbons (Fsp3) is 0.192. The third-order valence-corrected chi connectivity index (χ3v) is 6.44. The average molecular weight is 511 g/mol. The highest BCUT2D eigenvalue weighted by atomic mass is 35.5. The summed E-state index contributed by atoms with van der Waals surface area (Å²) < 4.78 is 0. The molecule has 0 bridgehead atoms. The molecule has 4 rings (SSSR count). The molecule has 7 nitrogen and oxygen atoms in total. The quantitative estimate of drug-likeness (QED) is 0.434. The fourth-order valence-electron chi connectivity index (χ4n) is 4.10. The SMILES string of the molecule is NC(=O)N(c1ccc(NC(=O)c2c(Cl)cccc2Cl)cc1)c1ccccc1C(=O)N1CCCCC1. The number of hydrogen-bond acceptors (Lipinski definition) is 3. The van der Waals surface area contributed by atoms with Crippen LogP contribution in [0.1, 0.15) is 40.0 Å². The zero-order valence-electron chi connectivity index (χ0n) is 18.8. The summed E-state index contributed by atoms with van der Waals surface area (Å²) in [5, 5.41) is 3.22. The molecule has 1 aliphatic heterocycles. The first-order valence-electron chi connectivity index (χ1n) is 11.2. The molecule has 0 aromatic heterocycles. The van der Waals surface area contributed by atoms with Crippen molar-refractivity contribution in [3.63, 3.8) is 0 Å². The average Bonchev–Trinajstić information content (AvgIpc) is 2.85. The zero-order valence-corrected chi connectivity index (χ0v) is 20.4. The van der Waals surface area contributed by atoms with Crippen LogP contribution in [0, 0.1) is 0 Å². The van der Waals surface area contributed by atoms with E-state index in [1.165, 1.54) is 4.90 Å². The van der Waals surface area contributed by atoms with Crippen molar-refractivity contribution >= 4 is 58.1 Å². The van der Waals surface area contributed by atoms with Crippen molar-refractivity contribution in [2.75, 3.05) is 23.3 Å². The largest absolute Gasteiger partial charge is 0.351 e. The first-order chi connectivity index (χ1) is 16.9. The molecule has 3 N–H and O–H groups in total. The van der Waals surface area contributed by atoms with E-state index in [1.807, 2.05) is 0 Å². The van der Waals surface area contributed by atoms with Crippen molar-refractivity contribution in [1.29, 1.82) is 0 Å². The van der Waals surface area contributed by atoms with Crippen LogP contribution in [0.15, 0.2) is 66.7 Å². The summed E-state index contributed by atoms with van der Waals surface area (Å²) in [6.45, 7) is 1.38. The summed E-state index contributed by atoms with van der Waals surface area (Å²) >= 11 is 12.2. The molecule has 0 unspecified atom stereocenters. The molecule has 1 heterocycles. The van der Waals surface area contributed by atoms with E-state index in [1.54, 1.807) is 71.6 Å². The van der Waals surface area contributed by atoms with Crippen LogP contribution in [-0.4, -0.2) is 35.8 Å². The highest BCUT2D eigenvalue weighted by molar-refractivity contribution is 6.40. The van der Waals surface area contributed by atoms with E-state index in [0.29, 0.717) is 35.7 Å². The highest BCUT2D eigenvalue weighted by Gasteiger charge is 2.25. The van der Waals surface area contributed by atoms with Gasteiger partial charge in [-0.05, 0) is 67.8 Å². The van der Waals surface area contributed by atoms with E-state index in [4.69, 9.17) is 28.9 Å². The lowest BCUT2D eigenvalue weighted by Gasteiger charge is -2.29. The Morgan fingerprint density at radius 3 is 2.09 bits per heavy atom. The second-order valence-electron chi connectivity index (χ2n) is 8.14. The molecule has 1 fully saturated rings. The van der Waals surface area contributed by atoms with Gasteiger partial charge in [0.25, 0.3) is 11.8 Å². The normalized spacial score (nSPS) is 13.3. The molecule has 9 heteroatoms. The molecule has 1 aliphatic rings. The monoisotopic (exact) mass is 510 g/mol. The lowest BCUT2D eigenvalue weighted by Crippen LogP contribution is -2.38. The molecule has 3 aromatic rings. The topological polar surface area (TPSA) is 95.7 Å². The number of nitrogens with zero attached hydrogens (tertiary/aromatic N) is 2. The minimum atomic E-state index is -0.733. The fourth-order valence-corrected chi connectivity index (χ4v) is 4.67. The molecule has 0 saturated carbocycles. The van der Waals surface area contributed by atoms with Crippen molar-refractivity contribution in [3.8, 4) is 0 Å². The third kappa shape index (κ3) is 5.42. The molecule has 35 heavy (non-hydrogen) atoms. The summed E-state index contributed by atoms with van der Waals surface area (Å²) in [6.07, 6.45) is 3.02. The summed E-state index contributed by atoms with van der Waals surface area (Å²) in [5.41, 5.74) is 7.63. The van der Waals surface area contributed by atoms with Gasteiger partial charge in [0.05, 0.1) is 32.5 Å². The smallest absolute Gasteiger partial charge is 0.323 e. The summed E-state index contributed by atoms with van der Waals surface area (Å²) in [7, 11) is 0. The first-order valence-corrected chi connectivity index (χ1v) is 12.0. The molecule has 0 radical (unpaired) electrons. The maximum atomic E-state index is 13.2. The second kappa shape index (κ2) is 10.8. The molecule has 3 aromatic carbocycles. The van der Waals surface area contributed by atoms with Gasteiger partial charge in [0.1, 0.15) is 0 Å². The van der Waals surface area contributed by atoms with Crippen molar-refractivity contribution in [1.82, 2.24) is 4.90 Å². The number of piperidine rings is 1. The number of nitrogens with one attached hydrogen (secondary N) is 1. The molecule has 180 valence electrons. The van der Waals surface area contributed by atoms with Gasteiger partial charge in [-0.15, -0.1) is 0 Å². The van der Waals surface area contributed by atoms with Gasteiger partial charge >= 0.3 is 6.03 Å². The van der Waals surface area contributed by atoms with Crippen LogP contribution in [-0.2, 0) is 0 Å². The van der Waals surface area contributed by atoms with Crippen LogP contribution >= 0.6 is 23.2 Å². The number of anilines is 3. The Hall–Kier alpha value is -3.55. The van der Waals surface area contributed by atoms with Crippen LogP contribution in [0.5, 0.6) is 0 Å². The minimum absolute atomic E-state index is 0.132. The standard InChI is InChI=1S/C26H24Cl2N4O3/c27-20-8-6-9-21(28)23(20)24(33)30-17-11-13-18(14-12-17)32(26(29)35)22-10-3-2-7-19(22)25(34)31-15-4-1-5-16-31/h2-3,6-14H,1,4-5,15-16H2,(H2,29,35)(H,30,33). The Bertz CT molecular complexity index is 1240. The van der Waals surface area contributed by atoms with E-state index in [9.17, 15) is 14.4 Å². The highest BCUT2D eigenvalue weighted by Crippen LogP contribution is 2.31. The minimum Gasteiger partial charge on any atom is -0.351 e. The molecule has 4 amide bonds. The van der Waals surface area contributed by atoms with Gasteiger partial charge in [0, 0.05) is 18.8 Å². The number of amides is 4. The van der Waals surface area contributed by atoms with Gasteiger partial charge in [-0.3, -0.25) is 14.5 Å². The maximum Gasteiger partial charge on any atom is 0.323 e. The number of likely N-dealkylation sites (tertiary alicyclic amines) is 1. The predicted molar refractivity (Wildman–Crippen MR) is 139 cm³/mol. The number of carbonyl (C=O) groups is 3. The summed E-state index contributed by atoms with van der Waals surface area (Å²) in [6, 6.07) is 17.5. The van der Waals surface area contributed by atoms with Crippen LogP contribution in [0.4, 0.5) is 21.9 Å². The van der Waals surface area contributed by atoms with Crippen LogP contribution in [0.25, 0.3) is 0 Å². The molecule has 0 spiro atoms. The van der Waals surface area contributed by atoms with Gasteiger partial charge in [-0.1, -0.05) is 41.4 Å². The van der Waals surface area contributed by atoms with Gasteiger partial charge in [-0.25, -0.2) is 4.79 Å². The Labute approximate surface area is 213 Å². The number of benzene rings is 3. The van der Waals surface area contributed by atoms with Crippen molar-refractivity contribution < 1.29 is 14.4 Å².